The monoisotopic (exact) mass is 521 g/mol. The number of ether oxygens (including phenoxy) is 1. The number of anilines is 1. The minimum atomic E-state index is -3.37. The molecule has 0 radical (unpaired) electrons. The van der Waals surface area contributed by atoms with E-state index in [4.69, 9.17) is 26.3 Å². The molecule has 0 amide bonds. The number of hydrogen-bond acceptors (Lipinski definition) is 7. The van der Waals surface area contributed by atoms with Gasteiger partial charge in [0.2, 0.25) is 5.72 Å². The van der Waals surface area contributed by atoms with Gasteiger partial charge in [0.25, 0.3) is 0 Å². The highest BCUT2D eigenvalue weighted by Crippen LogP contribution is 2.40. The minimum absolute atomic E-state index is 0.141. The molecule has 1 aliphatic rings. The van der Waals surface area contributed by atoms with Gasteiger partial charge in [-0.2, -0.15) is 0 Å². The molecule has 2 unspecified atom stereocenters. The number of aromatic nitrogens is 1. The molecule has 1 aromatic heterocycles. The molecule has 4 aromatic rings. The summed E-state index contributed by atoms with van der Waals surface area (Å²) in [6.45, 7) is 0.141. The first-order valence-electron chi connectivity index (χ1n) is 11.2. The molecule has 0 saturated heterocycles. The summed E-state index contributed by atoms with van der Waals surface area (Å²) < 4.78 is 29.5. The number of aliphatic hydroxyl groups is 1. The first-order valence-corrected chi connectivity index (χ1v) is 13.5. The zero-order chi connectivity index (χ0) is 25.5. The van der Waals surface area contributed by atoms with Gasteiger partial charge < -0.3 is 14.7 Å². The minimum Gasteiger partial charge on any atom is -0.382 e. The topological polar surface area (TPSA) is 92.1 Å². The Hall–Kier alpha value is -3.30. The summed E-state index contributed by atoms with van der Waals surface area (Å²) in [6.07, 6.45) is 1.16. The maximum absolute atomic E-state index is 12.1. The Morgan fingerprint density at radius 3 is 2.36 bits per heavy atom. The van der Waals surface area contributed by atoms with Crippen molar-refractivity contribution in [3.63, 3.8) is 0 Å². The molecule has 3 aromatic carbocycles. The Kier molecular flexibility index (Phi) is 6.30. The lowest BCUT2D eigenvalue weighted by molar-refractivity contribution is -0.00135. The van der Waals surface area contributed by atoms with Gasteiger partial charge in [0.05, 0.1) is 22.7 Å². The van der Waals surface area contributed by atoms with Gasteiger partial charge in [-0.05, 0) is 60.7 Å². The van der Waals surface area contributed by atoms with Crippen molar-refractivity contribution < 1.29 is 18.3 Å². The van der Waals surface area contributed by atoms with Gasteiger partial charge in [0.1, 0.15) is 11.9 Å². The smallest absolute Gasteiger partial charge is 0.225 e. The fourth-order valence-electron chi connectivity index (χ4n) is 4.42. The van der Waals surface area contributed by atoms with Gasteiger partial charge in [-0.1, -0.05) is 35.9 Å². The van der Waals surface area contributed by atoms with Gasteiger partial charge in [0.15, 0.2) is 9.84 Å². The molecule has 0 aliphatic carbocycles. The second kappa shape index (κ2) is 9.29. The molecule has 9 heteroatoms. The van der Waals surface area contributed by atoms with Crippen molar-refractivity contribution in [1.82, 2.24) is 4.98 Å². The summed E-state index contributed by atoms with van der Waals surface area (Å²) in [5.41, 5.74) is 0.743. The molecule has 2 atom stereocenters. The number of sulfone groups is 1. The maximum atomic E-state index is 12.1. The fourth-order valence-corrected chi connectivity index (χ4v) is 5.18. The van der Waals surface area contributed by atoms with Crippen LogP contribution in [0.1, 0.15) is 11.3 Å². The molecule has 184 valence electrons. The van der Waals surface area contributed by atoms with Gasteiger partial charge in [0, 0.05) is 35.0 Å². The Balaban J connectivity index is 1.70. The molecule has 0 saturated carbocycles. The lowest BCUT2D eigenvalue weighted by Crippen LogP contribution is -2.49. The number of methoxy groups -OCH3 is 1. The van der Waals surface area contributed by atoms with Crippen LogP contribution in [0, 0.1) is 0 Å². The Morgan fingerprint density at radius 2 is 1.69 bits per heavy atom. The molecule has 0 fully saturated rings. The second-order valence-electron chi connectivity index (χ2n) is 8.66. The first kappa shape index (κ1) is 24.4. The van der Waals surface area contributed by atoms with Crippen LogP contribution in [0.5, 0.6) is 0 Å². The summed E-state index contributed by atoms with van der Waals surface area (Å²) in [6, 6.07) is 24.3. The normalized spacial score (nSPS) is 20.1. The van der Waals surface area contributed by atoms with Crippen molar-refractivity contribution in [3.05, 3.63) is 101 Å². The van der Waals surface area contributed by atoms with Gasteiger partial charge in [-0.25, -0.2) is 18.4 Å². The third kappa shape index (κ3) is 4.37. The van der Waals surface area contributed by atoms with E-state index in [1.807, 2.05) is 47.4 Å². The summed E-state index contributed by atoms with van der Waals surface area (Å²) in [4.78, 5) is 11.6. The number of aliphatic imine (C=N–C) groups is 1. The van der Waals surface area contributed by atoms with E-state index in [1.54, 1.807) is 37.4 Å². The average Bonchev–Trinajstić information content (AvgIpc) is 3.17. The maximum Gasteiger partial charge on any atom is 0.225 e. The number of rotatable bonds is 6. The lowest BCUT2D eigenvalue weighted by Gasteiger charge is -2.34. The molecule has 5 rings (SSSR count). The van der Waals surface area contributed by atoms with Crippen molar-refractivity contribution in [2.24, 2.45) is 4.99 Å². The van der Waals surface area contributed by atoms with E-state index in [2.05, 4.69) is 0 Å². The molecule has 0 bridgehead atoms. The number of fused-ring (bicyclic) bond motifs is 1. The number of halogens is 1. The molecular formula is C27H24ClN3O4S. The zero-order valence-electron chi connectivity index (χ0n) is 19.7. The highest BCUT2D eigenvalue weighted by atomic mass is 35.5. The summed E-state index contributed by atoms with van der Waals surface area (Å²) >= 11 is 6.15. The van der Waals surface area contributed by atoms with Crippen LogP contribution in [-0.2, 0) is 20.3 Å². The number of pyridine rings is 1. The largest absolute Gasteiger partial charge is 0.382 e. The predicted molar refractivity (Wildman–Crippen MR) is 141 cm³/mol. The van der Waals surface area contributed by atoms with Crippen molar-refractivity contribution in [2.75, 3.05) is 24.9 Å². The van der Waals surface area contributed by atoms with Crippen LogP contribution in [0.3, 0.4) is 0 Å². The van der Waals surface area contributed by atoms with Crippen molar-refractivity contribution in [3.8, 4) is 0 Å². The van der Waals surface area contributed by atoms with Crippen LogP contribution in [0.4, 0.5) is 5.69 Å². The lowest BCUT2D eigenvalue weighted by atomic mass is 9.99. The quantitative estimate of drug-likeness (QED) is 0.404. The van der Waals surface area contributed by atoms with Gasteiger partial charge >= 0.3 is 0 Å². The Morgan fingerprint density at radius 1 is 1.00 bits per heavy atom. The number of nitrogens with zero attached hydrogens (tertiary/aromatic N) is 3. The number of amidine groups is 1. The first-order chi connectivity index (χ1) is 17.2. The number of hydrogen-bond donors (Lipinski definition) is 1. The molecule has 1 N–H and O–H groups in total. The molecule has 1 aliphatic heterocycles. The third-order valence-electron chi connectivity index (χ3n) is 6.23. The van der Waals surface area contributed by atoms with E-state index < -0.39 is 21.6 Å². The van der Waals surface area contributed by atoms with E-state index in [0.29, 0.717) is 22.1 Å². The van der Waals surface area contributed by atoms with Crippen molar-refractivity contribution in [2.45, 2.75) is 16.7 Å². The number of benzene rings is 3. The second-order valence-corrected chi connectivity index (χ2v) is 11.1. The summed E-state index contributed by atoms with van der Waals surface area (Å²) in [5.74, 6) is 0.455. The van der Waals surface area contributed by atoms with Crippen LogP contribution in [0.25, 0.3) is 10.9 Å². The Labute approximate surface area is 214 Å². The number of para-hydroxylation sites is 1. The SMILES string of the molecule is COCC1N(c2ccc(Cl)cc2)C(c2ccc(S(C)(=O)=O)cc2)=NC1(O)c1ccc2ccccc2n1. The van der Waals surface area contributed by atoms with Crippen LogP contribution in [0.15, 0.2) is 94.8 Å². The standard InChI is InChI=1S/C27H24ClN3O4S/c1-35-17-25-27(32,24-16-9-18-5-3-4-6-23(18)29-24)30-26(31(25)21-12-10-20(28)11-13-21)19-7-14-22(15-8-19)36(2,33)34/h3-16,25,32H,17H2,1-2H3. The van der Waals surface area contributed by atoms with Crippen LogP contribution in [-0.4, -0.2) is 50.4 Å². The van der Waals surface area contributed by atoms with Crippen LogP contribution >= 0.6 is 11.6 Å². The molecule has 7 nitrogen and oxygen atoms in total. The van der Waals surface area contributed by atoms with Gasteiger partial charge in [-0.15, -0.1) is 0 Å². The van der Waals surface area contributed by atoms with E-state index in [0.717, 1.165) is 22.8 Å². The van der Waals surface area contributed by atoms with Crippen molar-refractivity contribution in [1.29, 1.82) is 0 Å². The van der Waals surface area contributed by atoms with E-state index in [9.17, 15) is 13.5 Å². The summed E-state index contributed by atoms with van der Waals surface area (Å²) in [5, 5.41) is 13.6. The third-order valence-corrected chi connectivity index (χ3v) is 7.61. The van der Waals surface area contributed by atoms with E-state index >= 15 is 0 Å². The molecular weight excluding hydrogens is 498 g/mol. The molecule has 36 heavy (non-hydrogen) atoms. The van der Waals surface area contributed by atoms with Crippen LogP contribution < -0.4 is 4.90 Å². The zero-order valence-corrected chi connectivity index (χ0v) is 21.2. The fraction of sp³-hybridized carbons (Fsp3) is 0.185. The average molecular weight is 522 g/mol. The molecule has 2 heterocycles. The van der Waals surface area contributed by atoms with Crippen molar-refractivity contribution >= 4 is 43.9 Å². The predicted octanol–water partition coefficient (Wildman–Crippen LogP) is 4.42. The highest BCUT2D eigenvalue weighted by molar-refractivity contribution is 7.90. The highest BCUT2D eigenvalue weighted by Gasteiger charge is 2.51. The van der Waals surface area contributed by atoms with Crippen LogP contribution in [0.2, 0.25) is 5.02 Å². The van der Waals surface area contributed by atoms with Gasteiger partial charge in [-0.3, -0.25) is 0 Å². The Bertz CT molecular complexity index is 1560. The summed E-state index contributed by atoms with van der Waals surface area (Å²) in [7, 11) is -1.80. The molecule has 0 spiro atoms. The van der Waals surface area contributed by atoms with E-state index in [-0.39, 0.29) is 11.5 Å². The van der Waals surface area contributed by atoms with E-state index in [1.165, 1.54) is 12.1 Å².